The molecule has 1 N–H and O–H groups in total. The summed E-state index contributed by atoms with van der Waals surface area (Å²) in [5.74, 6) is -2.57. The SMILES string of the molecule is O=C(Nc1ccc(F)c(F)c1)[C@H]1CCCN1C(=O)c1cccs1. The minimum absolute atomic E-state index is 0.171. The molecular weight excluding hydrogens is 322 g/mol. The van der Waals surface area contributed by atoms with Gasteiger partial charge in [-0.15, -0.1) is 11.3 Å². The van der Waals surface area contributed by atoms with Gasteiger partial charge in [0.05, 0.1) is 4.88 Å². The second-order valence-corrected chi connectivity index (χ2v) is 6.20. The molecule has 1 aliphatic rings. The van der Waals surface area contributed by atoms with E-state index in [1.54, 1.807) is 17.5 Å². The second-order valence-electron chi connectivity index (χ2n) is 5.25. The van der Waals surface area contributed by atoms with E-state index in [9.17, 15) is 18.4 Å². The number of amides is 2. The summed E-state index contributed by atoms with van der Waals surface area (Å²) in [6.45, 7) is 0.507. The highest BCUT2D eigenvalue weighted by atomic mass is 32.1. The van der Waals surface area contributed by atoms with Gasteiger partial charge >= 0.3 is 0 Å². The van der Waals surface area contributed by atoms with Crippen molar-refractivity contribution in [2.75, 3.05) is 11.9 Å². The van der Waals surface area contributed by atoms with E-state index in [0.717, 1.165) is 18.6 Å². The van der Waals surface area contributed by atoms with Crippen LogP contribution in [0.3, 0.4) is 0 Å². The molecule has 1 aliphatic heterocycles. The van der Waals surface area contributed by atoms with Gasteiger partial charge in [0.1, 0.15) is 6.04 Å². The fourth-order valence-electron chi connectivity index (χ4n) is 2.62. The molecule has 2 heterocycles. The van der Waals surface area contributed by atoms with Crippen LogP contribution in [0.2, 0.25) is 0 Å². The lowest BCUT2D eigenvalue weighted by atomic mass is 10.2. The summed E-state index contributed by atoms with van der Waals surface area (Å²) in [6, 6.07) is 6.07. The summed E-state index contributed by atoms with van der Waals surface area (Å²) in [4.78, 5) is 26.9. The molecule has 23 heavy (non-hydrogen) atoms. The smallest absolute Gasteiger partial charge is 0.264 e. The summed E-state index contributed by atoms with van der Waals surface area (Å²) in [5.41, 5.74) is 0.171. The molecule has 1 aromatic heterocycles. The van der Waals surface area contributed by atoms with Gasteiger partial charge in [-0.05, 0) is 36.4 Å². The average Bonchev–Trinajstić information content (AvgIpc) is 3.21. The number of nitrogens with one attached hydrogen (secondary N) is 1. The molecule has 1 atom stereocenters. The first kappa shape index (κ1) is 15.6. The number of rotatable bonds is 3. The molecule has 1 aromatic carbocycles. The third-order valence-corrected chi connectivity index (χ3v) is 4.59. The molecule has 0 bridgehead atoms. The molecule has 0 saturated carbocycles. The molecule has 7 heteroatoms. The van der Waals surface area contributed by atoms with E-state index in [1.165, 1.54) is 22.3 Å². The maximum atomic E-state index is 13.2. The van der Waals surface area contributed by atoms with Gasteiger partial charge < -0.3 is 10.2 Å². The highest BCUT2D eigenvalue weighted by Crippen LogP contribution is 2.23. The van der Waals surface area contributed by atoms with E-state index < -0.39 is 23.6 Å². The van der Waals surface area contributed by atoms with E-state index in [2.05, 4.69) is 5.32 Å². The summed E-state index contributed by atoms with van der Waals surface area (Å²) < 4.78 is 26.1. The Morgan fingerprint density at radius 1 is 1.22 bits per heavy atom. The van der Waals surface area contributed by atoms with Crippen LogP contribution in [-0.2, 0) is 4.79 Å². The molecule has 1 saturated heterocycles. The van der Waals surface area contributed by atoms with Gasteiger partial charge in [-0.3, -0.25) is 9.59 Å². The Bertz CT molecular complexity index is 734. The maximum absolute atomic E-state index is 13.2. The van der Waals surface area contributed by atoms with Gasteiger partial charge in [-0.25, -0.2) is 8.78 Å². The Morgan fingerprint density at radius 2 is 2.04 bits per heavy atom. The molecule has 0 aliphatic carbocycles. The minimum Gasteiger partial charge on any atom is -0.326 e. The number of hydrogen-bond acceptors (Lipinski definition) is 3. The number of hydrogen-bond donors (Lipinski definition) is 1. The quantitative estimate of drug-likeness (QED) is 0.935. The first-order valence-corrected chi connectivity index (χ1v) is 8.04. The number of likely N-dealkylation sites (tertiary alicyclic amines) is 1. The predicted molar refractivity (Wildman–Crippen MR) is 83.4 cm³/mol. The summed E-state index contributed by atoms with van der Waals surface area (Å²) in [7, 11) is 0. The lowest BCUT2D eigenvalue weighted by Gasteiger charge is -2.23. The first-order chi connectivity index (χ1) is 11.1. The van der Waals surface area contributed by atoms with Crippen molar-refractivity contribution in [2.45, 2.75) is 18.9 Å². The first-order valence-electron chi connectivity index (χ1n) is 7.16. The Labute approximate surface area is 135 Å². The zero-order chi connectivity index (χ0) is 16.4. The number of benzene rings is 1. The van der Waals surface area contributed by atoms with Crippen molar-refractivity contribution in [3.8, 4) is 0 Å². The number of thiophene rings is 1. The average molecular weight is 336 g/mol. The van der Waals surface area contributed by atoms with Crippen molar-refractivity contribution < 1.29 is 18.4 Å². The predicted octanol–water partition coefficient (Wildman–Crippen LogP) is 3.27. The third kappa shape index (κ3) is 3.24. The van der Waals surface area contributed by atoms with Crippen LogP contribution in [0, 0.1) is 11.6 Å². The van der Waals surface area contributed by atoms with Crippen LogP contribution in [0.25, 0.3) is 0 Å². The summed E-state index contributed by atoms with van der Waals surface area (Å²) in [6.07, 6.45) is 1.28. The van der Waals surface area contributed by atoms with Crippen molar-refractivity contribution in [1.82, 2.24) is 4.90 Å². The van der Waals surface area contributed by atoms with Gasteiger partial charge in [0.2, 0.25) is 5.91 Å². The lowest BCUT2D eigenvalue weighted by Crippen LogP contribution is -2.42. The Morgan fingerprint density at radius 3 is 2.74 bits per heavy atom. The Balaban J connectivity index is 1.73. The Kier molecular flexibility index (Phi) is 4.38. The maximum Gasteiger partial charge on any atom is 0.264 e. The largest absolute Gasteiger partial charge is 0.326 e. The molecule has 2 amide bonds. The highest BCUT2D eigenvalue weighted by molar-refractivity contribution is 7.12. The van der Waals surface area contributed by atoms with Crippen LogP contribution in [0.5, 0.6) is 0 Å². The molecule has 4 nitrogen and oxygen atoms in total. The van der Waals surface area contributed by atoms with Crippen molar-refractivity contribution in [2.24, 2.45) is 0 Å². The lowest BCUT2D eigenvalue weighted by molar-refractivity contribution is -0.119. The standard InChI is InChI=1S/C16H14F2N2O2S/c17-11-6-5-10(9-12(11)18)19-15(21)13-3-1-7-20(13)16(22)14-4-2-8-23-14/h2,4-6,8-9,13H,1,3,7H2,(H,19,21)/t13-/m1/s1. The van der Waals surface area contributed by atoms with Gasteiger partial charge in [-0.1, -0.05) is 6.07 Å². The molecule has 0 spiro atoms. The van der Waals surface area contributed by atoms with Crippen molar-refractivity contribution in [1.29, 1.82) is 0 Å². The van der Waals surface area contributed by atoms with Crippen LogP contribution in [0.15, 0.2) is 35.7 Å². The summed E-state index contributed by atoms with van der Waals surface area (Å²) in [5, 5.41) is 4.35. The molecule has 0 radical (unpaired) electrons. The van der Waals surface area contributed by atoms with Gasteiger partial charge in [0.25, 0.3) is 5.91 Å². The second kappa shape index (κ2) is 6.45. The zero-order valence-corrected chi connectivity index (χ0v) is 12.9. The molecule has 0 unspecified atom stereocenters. The molecule has 1 fully saturated rings. The van der Waals surface area contributed by atoms with Crippen molar-refractivity contribution in [3.63, 3.8) is 0 Å². The van der Waals surface area contributed by atoms with Gasteiger partial charge in [-0.2, -0.15) is 0 Å². The number of carbonyl (C=O) groups is 2. The van der Waals surface area contributed by atoms with E-state index in [-0.39, 0.29) is 11.6 Å². The highest BCUT2D eigenvalue weighted by Gasteiger charge is 2.34. The van der Waals surface area contributed by atoms with E-state index >= 15 is 0 Å². The molecule has 120 valence electrons. The summed E-state index contributed by atoms with van der Waals surface area (Å²) >= 11 is 1.32. The van der Waals surface area contributed by atoms with E-state index in [0.29, 0.717) is 17.8 Å². The molecular formula is C16H14F2N2O2S. The van der Waals surface area contributed by atoms with Crippen LogP contribution in [0.1, 0.15) is 22.5 Å². The number of carbonyl (C=O) groups excluding carboxylic acids is 2. The van der Waals surface area contributed by atoms with Crippen LogP contribution in [-0.4, -0.2) is 29.3 Å². The minimum atomic E-state index is -1.03. The van der Waals surface area contributed by atoms with Crippen LogP contribution >= 0.6 is 11.3 Å². The number of nitrogens with zero attached hydrogens (tertiary/aromatic N) is 1. The normalized spacial score (nSPS) is 17.3. The number of halogens is 2. The fraction of sp³-hybridized carbons (Fsp3) is 0.250. The third-order valence-electron chi connectivity index (χ3n) is 3.74. The fourth-order valence-corrected chi connectivity index (χ4v) is 3.30. The van der Waals surface area contributed by atoms with Crippen LogP contribution < -0.4 is 5.32 Å². The number of anilines is 1. The van der Waals surface area contributed by atoms with E-state index in [1.807, 2.05) is 0 Å². The molecule has 3 rings (SSSR count). The monoisotopic (exact) mass is 336 g/mol. The van der Waals surface area contributed by atoms with Crippen LogP contribution in [0.4, 0.5) is 14.5 Å². The van der Waals surface area contributed by atoms with Crippen molar-refractivity contribution in [3.05, 3.63) is 52.2 Å². The van der Waals surface area contributed by atoms with Crippen molar-refractivity contribution >= 4 is 28.8 Å². The van der Waals surface area contributed by atoms with Gasteiger partial charge in [0, 0.05) is 18.3 Å². The zero-order valence-electron chi connectivity index (χ0n) is 12.1. The molecule has 2 aromatic rings. The Hall–Kier alpha value is -2.28. The van der Waals surface area contributed by atoms with Gasteiger partial charge in [0.15, 0.2) is 11.6 Å². The van der Waals surface area contributed by atoms with E-state index in [4.69, 9.17) is 0 Å². The topological polar surface area (TPSA) is 49.4 Å².